The van der Waals surface area contributed by atoms with E-state index < -0.39 is 8.38 Å². The standard InChI is InChI=1S/C16H24N5O3P/c1-4-22-25(23-5-2)9-8-12-6-7-13(24-12)21-11-20-14-15(17-3)18-10-19-16(14)21/h8-13H,4-7H2,1-3H3,(H,17,18,19)/b9-8+. The zero-order chi connectivity index (χ0) is 17.6. The van der Waals surface area contributed by atoms with Crippen molar-refractivity contribution in [3.8, 4) is 0 Å². The zero-order valence-electron chi connectivity index (χ0n) is 14.8. The minimum atomic E-state index is -0.980. The van der Waals surface area contributed by atoms with E-state index in [4.69, 9.17) is 13.8 Å². The first-order valence-electron chi connectivity index (χ1n) is 8.50. The molecule has 2 unspecified atom stereocenters. The van der Waals surface area contributed by atoms with Crippen LogP contribution < -0.4 is 5.32 Å². The molecule has 1 aliphatic heterocycles. The fourth-order valence-electron chi connectivity index (χ4n) is 2.78. The zero-order valence-corrected chi connectivity index (χ0v) is 15.6. The van der Waals surface area contributed by atoms with E-state index in [2.05, 4.69) is 20.3 Å². The van der Waals surface area contributed by atoms with E-state index in [1.807, 2.05) is 37.4 Å². The summed E-state index contributed by atoms with van der Waals surface area (Å²) in [4.78, 5) is 13.0. The molecule has 3 rings (SSSR count). The molecule has 0 bridgehead atoms. The summed E-state index contributed by atoms with van der Waals surface area (Å²) in [5.41, 5.74) is 1.53. The van der Waals surface area contributed by atoms with Crippen molar-refractivity contribution < 1.29 is 13.8 Å². The number of rotatable bonds is 8. The number of ether oxygens (including phenoxy) is 1. The second-order valence-corrected chi connectivity index (χ2v) is 6.85. The molecule has 2 atom stereocenters. The van der Waals surface area contributed by atoms with Gasteiger partial charge in [-0.25, -0.2) is 15.0 Å². The Balaban J connectivity index is 1.69. The third-order valence-corrected chi connectivity index (χ3v) is 5.31. The molecule has 0 aromatic carbocycles. The Labute approximate surface area is 148 Å². The van der Waals surface area contributed by atoms with Gasteiger partial charge in [-0.3, -0.25) is 4.57 Å². The smallest absolute Gasteiger partial charge is 0.197 e. The van der Waals surface area contributed by atoms with Crippen molar-refractivity contribution in [1.82, 2.24) is 19.5 Å². The van der Waals surface area contributed by atoms with Crippen LogP contribution in [0.25, 0.3) is 11.2 Å². The fourth-order valence-corrected chi connectivity index (χ4v) is 3.87. The van der Waals surface area contributed by atoms with Crippen LogP contribution in [0.2, 0.25) is 0 Å². The van der Waals surface area contributed by atoms with Crippen molar-refractivity contribution in [3.05, 3.63) is 24.5 Å². The highest BCUT2D eigenvalue weighted by Gasteiger charge is 2.27. The van der Waals surface area contributed by atoms with Crippen LogP contribution in [0.3, 0.4) is 0 Å². The molecule has 1 fully saturated rings. The third kappa shape index (κ3) is 4.15. The molecule has 8 nitrogen and oxygen atoms in total. The molecule has 0 saturated carbocycles. The second kappa shape index (κ2) is 8.67. The molecular formula is C16H24N5O3P. The summed E-state index contributed by atoms with van der Waals surface area (Å²) in [6.45, 7) is 5.21. The average molecular weight is 365 g/mol. The summed E-state index contributed by atoms with van der Waals surface area (Å²) in [6.07, 6.45) is 7.15. The Hall–Kier alpha value is -1.60. The summed E-state index contributed by atoms with van der Waals surface area (Å²) in [7, 11) is 0.842. The predicted molar refractivity (Wildman–Crippen MR) is 97.3 cm³/mol. The molecule has 136 valence electrons. The van der Waals surface area contributed by atoms with E-state index in [1.54, 1.807) is 6.33 Å². The first-order valence-corrected chi connectivity index (χ1v) is 9.75. The van der Waals surface area contributed by atoms with E-state index in [1.165, 1.54) is 6.33 Å². The molecule has 0 radical (unpaired) electrons. The lowest BCUT2D eigenvalue weighted by atomic mass is 10.2. The molecule has 1 aliphatic rings. The van der Waals surface area contributed by atoms with Gasteiger partial charge in [0.2, 0.25) is 0 Å². The van der Waals surface area contributed by atoms with Crippen LogP contribution in [0.5, 0.6) is 0 Å². The molecule has 2 aromatic rings. The summed E-state index contributed by atoms with van der Waals surface area (Å²) in [5, 5.41) is 3.03. The van der Waals surface area contributed by atoms with Crippen molar-refractivity contribution in [2.24, 2.45) is 0 Å². The van der Waals surface area contributed by atoms with Crippen molar-refractivity contribution in [2.75, 3.05) is 25.6 Å². The maximum absolute atomic E-state index is 6.15. The molecular weight excluding hydrogens is 341 g/mol. The normalized spacial score (nSPS) is 21.0. The highest BCUT2D eigenvalue weighted by atomic mass is 31.2. The van der Waals surface area contributed by atoms with E-state index >= 15 is 0 Å². The van der Waals surface area contributed by atoms with Crippen LogP contribution in [-0.2, 0) is 13.8 Å². The van der Waals surface area contributed by atoms with E-state index in [0.29, 0.717) is 13.2 Å². The van der Waals surface area contributed by atoms with Gasteiger partial charge >= 0.3 is 0 Å². The monoisotopic (exact) mass is 365 g/mol. The SMILES string of the molecule is CCOP(/C=C/C1CCC(n2cnc3c(NC)ncnc32)O1)OCC. The maximum atomic E-state index is 6.15. The largest absolute Gasteiger partial charge is 0.371 e. The van der Waals surface area contributed by atoms with E-state index in [0.717, 1.165) is 29.8 Å². The Morgan fingerprint density at radius 3 is 2.80 bits per heavy atom. The summed E-state index contributed by atoms with van der Waals surface area (Å²) < 4.78 is 19.3. The number of anilines is 1. The van der Waals surface area contributed by atoms with Crippen LogP contribution in [-0.4, -0.2) is 45.9 Å². The Morgan fingerprint density at radius 1 is 1.28 bits per heavy atom. The number of fused-ring (bicyclic) bond motifs is 1. The molecule has 9 heteroatoms. The topological polar surface area (TPSA) is 83.3 Å². The lowest BCUT2D eigenvalue weighted by molar-refractivity contribution is 0.0259. The van der Waals surface area contributed by atoms with Crippen LogP contribution >= 0.6 is 8.38 Å². The maximum Gasteiger partial charge on any atom is 0.197 e. The van der Waals surface area contributed by atoms with Gasteiger partial charge in [0.25, 0.3) is 0 Å². The number of aromatic nitrogens is 4. The van der Waals surface area contributed by atoms with E-state index in [-0.39, 0.29) is 12.3 Å². The number of nitrogens with zero attached hydrogens (tertiary/aromatic N) is 4. The fraction of sp³-hybridized carbons (Fsp3) is 0.562. The van der Waals surface area contributed by atoms with Crippen LogP contribution in [0.1, 0.15) is 32.9 Å². The second-order valence-electron chi connectivity index (χ2n) is 5.47. The van der Waals surface area contributed by atoms with Crippen LogP contribution in [0, 0.1) is 0 Å². The predicted octanol–water partition coefficient (Wildman–Crippen LogP) is 3.44. The summed E-state index contributed by atoms with van der Waals surface area (Å²) in [5.74, 6) is 2.71. The molecule has 1 N–H and O–H groups in total. The lowest BCUT2D eigenvalue weighted by Crippen LogP contribution is -2.09. The Bertz CT molecular complexity index is 717. The quantitative estimate of drug-likeness (QED) is 0.717. The van der Waals surface area contributed by atoms with Crippen LogP contribution in [0.4, 0.5) is 5.82 Å². The molecule has 0 aliphatic carbocycles. The van der Waals surface area contributed by atoms with Gasteiger partial charge in [0.05, 0.1) is 25.6 Å². The summed E-state index contributed by atoms with van der Waals surface area (Å²) >= 11 is 0. The highest BCUT2D eigenvalue weighted by molar-refractivity contribution is 7.50. The minimum absolute atomic E-state index is 0.0407. The Kier molecular flexibility index (Phi) is 6.31. The number of hydrogen-bond acceptors (Lipinski definition) is 7. The average Bonchev–Trinajstić information content (AvgIpc) is 3.26. The third-order valence-electron chi connectivity index (χ3n) is 3.87. The van der Waals surface area contributed by atoms with Gasteiger partial charge in [-0.05, 0) is 32.5 Å². The van der Waals surface area contributed by atoms with E-state index in [9.17, 15) is 0 Å². The highest BCUT2D eigenvalue weighted by Crippen LogP contribution is 2.41. The number of hydrogen-bond donors (Lipinski definition) is 1. The molecule has 1 saturated heterocycles. The van der Waals surface area contributed by atoms with Crippen molar-refractivity contribution >= 4 is 25.4 Å². The van der Waals surface area contributed by atoms with Gasteiger partial charge in [-0.15, -0.1) is 0 Å². The van der Waals surface area contributed by atoms with Gasteiger partial charge in [-0.1, -0.05) is 6.08 Å². The van der Waals surface area contributed by atoms with Crippen molar-refractivity contribution in [2.45, 2.75) is 39.0 Å². The lowest BCUT2D eigenvalue weighted by Gasteiger charge is -2.14. The van der Waals surface area contributed by atoms with Crippen molar-refractivity contribution in [3.63, 3.8) is 0 Å². The summed E-state index contributed by atoms with van der Waals surface area (Å²) in [6, 6.07) is 0. The van der Waals surface area contributed by atoms with Gasteiger partial charge in [0.1, 0.15) is 18.1 Å². The van der Waals surface area contributed by atoms with Crippen LogP contribution in [0.15, 0.2) is 24.5 Å². The van der Waals surface area contributed by atoms with Gasteiger partial charge in [-0.2, -0.15) is 0 Å². The van der Waals surface area contributed by atoms with Crippen molar-refractivity contribution in [1.29, 1.82) is 0 Å². The molecule has 2 aromatic heterocycles. The molecule has 0 spiro atoms. The van der Waals surface area contributed by atoms with Gasteiger partial charge < -0.3 is 19.1 Å². The molecule has 3 heterocycles. The van der Waals surface area contributed by atoms with Gasteiger partial charge in [0, 0.05) is 7.05 Å². The number of nitrogens with one attached hydrogen (secondary N) is 1. The van der Waals surface area contributed by atoms with Gasteiger partial charge in [0.15, 0.2) is 19.8 Å². The first kappa shape index (κ1) is 18.2. The minimum Gasteiger partial charge on any atom is -0.371 e. The number of imidazole rings is 1. The first-order chi connectivity index (χ1) is 12.3. The molecule has 0 amide bonds. The Morgan fingerprint density at radius 2 is 2.08 bits per heavy atom. The molecule has 25 heavy (non-hydrogen) atoms.